The van der Waals surface area contributed by atoms with Crippen LogP contribution in [0.5, 0.6) is 0 Å². The number of carbonyl (C=O) groups excluding carboxylic acids is 4. The van der Waals surface area contributed by atoms with Gasteiger partial charge in [-0.15, -0.1) is 0 Å². The topological polar surface area (TPSA) is 142 Å². The molecule has 4 amide bonds. The first kappa shape index (κ1) is 18.9. The Bertz CT molecular complexity index is 720. The van der Waals surface area contributed by atoms with Crippen LogP contribution in [0.15, 0.2) is 30.3 Å². The number of alkyl carbamates (subject to hydrolysis) is 1. The van der Waals surface area contributed by atoms with Crippen LogP contribution in [0.4, 0.5) is 4.79 Å². The molecule has 1 aliphatic rings. The normalized spacial score (nSPS) is 16.3. The number of amides is 4. The van der Waals surface area contributed by atoms with Crippen molar-refractivity contribution in [1.82, 2.24) is 15.5 Å². The molecule has 0 unspecified atom stereocenters. The number of hydrogen-bond donors (Lipinski definition) is 3. The van der Waals surface area contributed by atoms with Crippen LogP contribution in [0, 0.1) is 0 Å². The van der Waals surface area contributed by atoms with E-state index in [0.29, 0.717) is 4.90 Å². The summed E-state index contributed by atoms with van der Waals surface area (Å²) in [6.45, 7) is -1.23. The molecule has 1 heterocycles. The number of imide groups is 1. The lowest BCUT2D eigenvalue weighted by Crippen LogP contribution is -2.45. The average Bonchev–Trinajstić information content (AvgIpc) is 2.86. The first-order chi connectivity index (χ1) is 12.4. The molecule has 2 rings (SSSR count). The van der Waals surface area contributed by atoms with Gasteiger partial charge in [0, 0.05) is 0 Å². The van der Waals surface area contributed by atoms with Crippen molar-refractivity contribution < 1.29 is 33.8 Å². The number of aliphatic carboxylic acids is 1. The standard InChI is InChI=1S/C16H17N3O7/c20-12(17-7-14(22)23)8-19-13(21)6-11(15(19)24)18-16(25)26-9-10-4-2-1-3-5-10/h1-5,11H,6-9H2,(H,17,20)(H,18,25)(H,22,23)/t11-/m1/s1. The van der Waals surface area contributed by atoms with E-state index in [0.717, 1.165) is 5.56 Å². The molecule has 3 N–H and O–H groups in total. The number of ether oxygens (including phenoxy) is 1. The summed E-state index contributed by atoms with van der Waals surface area (Å²) in [5, 5.41) is 12.8. The summed E-state index contributed by atoms with van der Waals surface area (Å²) in [6, 6.07) is 7.77. The molecule has 0 radical (unpaired) electrons. The highest BCUT2D eigenvalue weighted by molar-refractivity contribution is 6.08. The third-order valence-corrected chi connectivity index (χ3v) is 3.49. The lowest BCUT2D eigenvalue weighted by atomic mass is 10.2. The zero-order valence-corrected chi connectivity index (χ0v) is 13.6. The first-order valence-corrected chi connectivity index (χ1v) is 7.66. The van der Waals surface area contributed by atoms with Crippen LogP contribution in [0.1, 0.15) is 12.0 Å². The smallest absolute Gasteiger partial charge is 0.408 e. The van der Waals surface area contributed by atoms with Gasteiger partial charge in [0.2, 0.25) is 11.8 Å². The maximum atomic E-state index is 12.1. The average molecular weight is 363 g/mol. The highest BCUT2D eigenvalue weighted by atomic mass is 16.5. The Morgan fingerprint density at radius 2 is 1.88 bits per heavy atom. The van der Waals surface area contributed by atoms with E-state index in [1.807, 2.05) is 11.4 Å². The SMILES string of the molecule is O=C(O)CNC(=O)CN1C(=O)C[C@@H](NC(=O)OCc2ccccc2)C1=O. The van der Waals surface area contributed by atoms with Crippen LogP contribution in [-0.2, 0) is 30.5 Å². The fourth-order valence-corrected chi connectivity index (χ4v) is 2.24. The van der Waals surface area contributed by atoms with E-state index < -0.39 is 48.9 Å². The van der Waals surface area contributed by atoms with Crippen LogP contribution in [0.25, 0.3) is 0 Å². The van der Waals surface area contributed by atoms with E-state index in [-0.39, 0.29) is 13.0 Å². The lowest BCUT2D eigenvalue weighted by molar-refractivity contribution is -0.143. The minimum absolute atomic E-state index is 0.00282. The van der Waals surface area contributed by atoms with E-state index in [9.17, 15) is 24.0 Å². The van der Waals surface area contributed by atoms with Gasteiger partial charge in [0.05, 0.1) is 6.42 Å². The molecule has 0 aromatic heterocycles. The Balaban J connectivity index is 1.82. The van der Waals surface area contributed by atoms with E-state index in [4.69, 9.17) is 9.84 Å². The Hall–Kier alpha value is -3.43. The fraction of sp³-hybridized carbons (Fsp3) is 0.312. The summed E-state index contributed by atoms with van der Waals surface area (Å²) in [7, 11) is 0. The highest BCUT2D eigenvalue weighted by Crippen LogP contribution is 2.13. The van der Waals surface area contributed by atoms with Crippen LogP contribution in [0.2, 0.25) is 0 Å². The molecule has 26 heavy (non-hydrogen) atoms. The number of benzene rings is 1. The van der Waals surface area contributed by atoms with E-state index in [1.54, 1.807) is 24.3 Å². The number of carboxylic acids is 1. The van der Waals surface area contributed by atoms with Crippen molar-refractivity contribution in [3.05, 3.63) is 35.9 Å². The van der Waals surface area contributed by atoms with Crippen LogP contribution >= 0.6 is 0 Å². The molecule has 1 aromatic carbocycles. The van der Waals surface area contributed by atoms with Gasteiger partial charge in [-0.05, 0) is 5.56 Å². The third kappa shape index (κ3) is 5.30. The molecule has 0 spiro atoms. The van der Waals surface area contributed by atoms with Crippen molar-refractivity contribution in [2.45, 2.75) is 19.1 Å². The Morgan fingerprint density at radius 3 is 2.54 bits per heavy atom. The molecule has 10 nitrogen and oxygen atoms in total. The number of carboxylic acid groups (broad SMARTS) is 1. The monoisotopic (exact) mass is 363 g/mol. The van der Waals surface area contributed by atoms with Gasteiger partial charge in [-0.25, -0.2) is 4.79 Å². The Morgan fingerprint density at radius 1 is 1.19 bits per heavy atom. The minimum Gasteiger partial charge on any atom is -0.480 e. The zero-order valence-electron chi connectivity index (χ0n) is 13.6. The molecule has 10 heteroatoms. The second-order valence-electron chi connectivity index (χ2n) is 5.45. The fourth-order valence-electron chi connectivity index (χ4n) is 2.24. The maximum absolute atomic E-state index is 12.1. The number of hydrogen-bond acceptors (Lipinski definition) is 6. The van der Waals surface area contributed by atoms with Crippen LogP contribution in [0.3, 0.4) is 0 Å². The van der Waals surface area contributed by atoms with Gasteiger partial charge in [0.1, 0.15) is 25.7 Å². The van der Waals surface area contributed by atoms with Crippen molar-refractivity contribution in [3.8, 4) is 0 Å². The summed E-state index contributed by atoms with van der Waals surface area (Å²) < 4.78 is 4.98. The van der Waals surface area contributed by atoms with Gasteiger partial charge in [0.15, 0.2) is 0 Å². The third-order valence-electron chi connectivity index (χ3n) is 3.49. The predicted octanol–water partition coefficient (Wildman–Crippen LogP) is -0.759. The predicted molar refractivity (Wildman–Crippen MR) is 85.5 cm³/mol. The summed E-state index contributed by atoms with van der Waals surface area (Å²) >= 11 is 0. The molecule has 1 aliphatic heterocycles. The van der Waals surface area contributed by atoms with Crippen molar-refractivity contribution in [1.29, 1.82) is 0 Å². The van der Waals surface area contributed by atoms with Crippen LogP contribution < -0.4 is 10.6 Å². The first-order valence-electron chi connectivity index (χ1n) is 7.66. The second-order valence-corrected chi connectivity index (χ2v) is 5.45. The van der Waals surface area contributed by atoms with Crippen molar-refractivity contribution in [2.24, 2.45) is 0 Å². The largest absolute Gasteiger partial charge is 0.480 e. The number of carbonyl (C=O) groups is 5. The van der Waals surface area contributed by atoms with Crippen molar-refractivity contribution in [2.75, 3.05) is 13.1 Å². The molecule has 1 aromatic rings. The molecule has 138 valence electrons. The quantitative estimate of drug-likeness (QED) is 0.541. The minimum atomic E-state index is -1.25. The van der Waals surface area contributed by atoms with Crippen LogP contribution in [-0.4, -0.2) is 58.9 Å². The summed E-state index contributed by atoms with van der Waals surface area (Å²) in [6.07, 6.45) is -1.16. The van der Waals surface area contributed by atoms with Gasteiger partial charge in [-0.2, -0.15) is 0 Å². The van der Waals surface area contributed by atoms with Crippen molar-refractivity contribution in [3.63, 3.8) is 0 Å². The molecule has 0 saturated carbocycles. The highest BCUT2D eigenvalue weighted by Gasteiger charge is 2.40. The molecule has 0 bridgehead atoms. The van der Waals surface area contributed by atoms with Gasteiger partial charge in [-0.1, -0.05) is 30.3 Å². The summed E-state index contributed by atoms with van der Waals surface area (Å²) in [5.41, 5.74) is 0.758. The molecular formula is C16H17N3O7. The van der Waals surface area contributed by atoms with E-state index in [1.165, 1.54) is 0 Å². The van der Waals surface area contributed by atoms with Gasteiger partial charge in [0.25, 0.3) is 5.91 Å². The molecule has 1 atom stereocenters. The number of nitrogens with one attached hydrogen (secondary N) is 2. The molecule has 1 fully saturated rings. The van der Waals surface area contributed by atoms with E-state index >= 15 is 0 Å². The molecule has 1 saturated heterocycles. The number of likely N-dealkylation sites (tertiary alicyclic amines) is 1. The zero-order chi connectivity index (χ0) is 19.1. The van der Waals surface area contributed by atoms with Gasteiger partial charge in [-0.3, -0.25) is 24.1 Å². The van der Waals surface area contributed by atoms with Crippen molar-refractivity contribution >= 4 is 29.8 Å². The Labute approximate surface area is 148 Å². The summed E-state index contributed by atoms with van der Waals surface area (Å²) in [5.74, 6) is -3.44. The number of rotatable bonds is 7. The van der Waals surface area contributed by atoms with Gasteiger partial charge >= 0.3 is 12.1 Å². The maximum Gasteiger partial charge on any atom is 0.408 e. The Kier molecular flexibility index (Phi) is 6.25. The summed E-state index contributed by atoms with van der Waals surface area (Å²) in [4.78, 5) is 58.4. The second kappa shape index (κ2) is 8.60. The number of nitrogens with zero attached hydrogens (tertiary/aromatic N) is 1. The lowest BCUT2D eigenvalue weighted by Gasteiger charge is -2.15. The molecular weight excluding hydrogens is 346 g/mol. The van der Waals surface area contributed by atoms with E-state index in [2.05, 4.69) is 5.32 Å². The molecule has 0 aliphatic carbocycles. The van der Waals surface area contributed by atoms with Gasteiger partial charge < -0.3 is 20.5 Å².